The number of hydrogen-bond donors (Lipinski definition) is 1. The van der Waals surface area contributed by atoms with Crippen LogP contribution in [0.1, 0.15) is 11.6 Å². The first kappa shape index (κ1) is 11.1. The Balaban J connectivity index is 3.04. The van der Waals surface area contributed by atoms with Crippen molar-refractivity contribution in [2.75, 3.05) is 20.6 Å². The minimum atomic E-state index is -0.569. The lowest BCUT2D eigenvalue weighted by Crippen LogP contribution is -2.28. The fraction of sp³-hybridized carbons (Fsp3) is 0.400. The summed E-state index contributed by atoms with van der Waals surface area (Å²) in [4.78, 5) is 1.80. The molecule has 0 bridgehead atoms. The molecule has 0 spiro atoms. The largest absolute Gasteiger partial charge is 0.329 e. The molecule has 1 aromatic rings. The van der Waals surface area contributed by atoms with E-state index in [0.29, 0.717) is 12.1 Å². The van der Waals surface area contributed by atoms with Gasteiger partial charge < -0.3 is 10.6 Å². The average Bonchev–Trinajstić information content (AvgIpc) is 2.09. The van der Waals surface area contributed by atoms with Gasteiger partial charge in [-0.05, 0) is 20.2 Å². The zero-order valence-corrected chi connectivity index (χ0v) is 8.30. The molecule has 0 saturated carbocycles. The third-order valence-electron chi connectivity index (χ3n) is 2.17. The van der Waals surface area contributed by atoms with E-state index in [1.54, 1.807) is 19.0 Å². The van der Waals surface area contributed by atoms with Crippen LogP contribution in [0, 0.1) is 11.6 Å². The molecule has 1 atom stereocenters. The standard InChI is InChI=1S/C10H14F2N2/c1-14(2)10(6-13)8-4-3-7(11)5-9(8)12/h3-5,10H,6,13H2,1-2H3. The van der Waals surface area contributed by atoms with Crippen LogP contribution >= 0.6 is 0 Å². The predicted molar refractivity (Wildman–Crippen MR) is 51.8 cm³/mol. The molecule has 14 heavy (non-hydrogen) atoms. The maximum atomic E-state index is 13.3. The fourth-order valence-corrected chi connectivity index (χ4v) is 1.39. The van der Waals surface area contributed by atoms with E-state index >= 15 is 0 Å². The van der Waals surface area contributed by atoms with Crippen LogP contribution in [-0.2, 0) is 0 Å². The average molecular weight is 200 g/mol. The summed E-state index contributed by atoms with van der Waals surface area (Å²) in [6.07, 6.45) is 0. The smallest absolute Gasteiger partial charge is 0.130 e. The number of rotatable bonds is 3. The number of halogens is 2. The Labute approximate surface area is 82.3 Å². The highest BCUT2D eigenvalue weighted by Gasteiger charge is 2.16. The summed E-state index contributed by atoms with van der Waals surface area (Å²) in [5.74, 6) is -1.12. The van der Waals surface area contributed by atoms with Gasteiger partial charge in [-0.2, -0.15) is 0 Å². The first-order valence-electron chi connectivity index (χ1n) is 4.37. The van der Waals surface area contributed by atoms with Gasteiger partial charge in [0.2, 0.25) is 0 Å². The van der Waals surface area contributed by atoms with Gasteiger partial charge in [0, 0.05) is 24.2 Å². The Morgan fingerprint density at radius 1 is 1.36 bits per heavy atom. The van der Waals surface area contributed by atoms with Crippen LogP contribution in [0.2, 0.25) is 0 Å². The van der Waals surface area contributed by atoms with Crippen LogP contribution in [0.25, 0.3) is 0 Å². The Hall–Kier alpha value is -1.00. The van der Waals surface area contributed by atoms with Crippen molar-refractivity contribution in [1.82, 2.24) is 4.90 Å². The fourth-order valence-electron chi connectivity index (χ4n) is 1.39. The molecular formula is C10H14F2N2. The normalized spacial score (nSPS) is 13.3. The Morgan fingerprint density at radius 3 is 2.43 bits per heavy atom. The van der Waals surface area contributed by atoms with E-state index in [1.807, 2.05) is 0 Å². The van der Waals surface area contributed by atoms with Crippen LogP contribution in [-0.4, -0.2) is 25.5 Å². The summed E-state index contributed by atoms with van der Waals surface area (Å²) in [5, 5.41) is 0. The van der Waals surface area contributed by atoms with Crippen LogP contribution in [0.3, 0.4) is 0 Å². The summed E-state index contributed by atoms with van der Waals surface area (Å²) in [6, 6.07) is 3.34. The van der Waals surface area contributed by atoms with E-state index < -0.39 is 11.6 Å². The molecule has 0 radical (unpaired) electrons. The SMILES string of the molecule is CN(C)C(CN)c1ccc(F)cc1F. The monoisotopic (exact) mass is 200 g/mol. The Morgan fingerprint density at radius 2 is 2.00 bits per heavy atom. The first-order valence-corrected chi connectivity index (χ1v) is 4.37. The van der Waals surface area contributed by atoms with Crippen molar-refractivity contribution >= 4 is 0 Å². The molecule has 78 valence electrons. The minimum absolute atomic E-state index is 0.212. The van der Waals surface area contributed by atoms with Crippen molar-refractivity contribution in [3.63, 3.8) is 0 Å². The van der Waals surface area contributed by atoms with Gasteiger partial charge in [-0.25, -0.2) is 8.78 Å². The first-order chi connectivity index (χ1) is 6.56. The molecule has 1 unspecified atom stereocenters. The molecule has 0 aromatic heterocycles. The molecule has 0 aliphatic carbocycles. The van der Waals surface area contributed by atoms with Crippen LogP contribution in [0.15, 0.2) is 18.2 Å². The number of nitrogens with zero attached hydrogens (tertiary/aromatic N) is 1. The molecule has 2 N–H and O–H groups in total. The molecule has 2 nitrogen and oxygen atoms in total. The minimum Gasteiger partial charge on any atom is -0.329 e. The van der Waals surface area contributed by atoms with Crippen molar-refractivity contribution < 1.29 is 8.78 Å². The topological polar surface area (TPSA) is 29.3 Å². The van der Waals surface area contributed by atoms with E-state index in [1.165, 1.54) is 12.1 Å². The van der Waals surface area contributed by atoms with Crippen molar-refractivity contribution in [2.45, 2.75) is 6.04 Å². The van der Waals surface area contributed by atoms with Crippen LogP contribution in [0.5, 0.6) is 0 Å². The van der Waals surface area contributed by atoms with E-state index in [4.69, 9.17) is 5.73 Å². The van der Waals surface area contributed by atoms with Crippen molar-refractivity contribution in [1.29, 1.82) is 0 Å². The second kappa shape index (κ2) is 4.48. The third-order valence-corrected chi connectivity index (χ3v) is 2.17. The number of likely N-dealkylation sites (N-methyl/N-ethyl adjacent to an activating group) is 1. The number of nitrogens with two attached hydrogens (primary N) is 1. The van der Waals surface area contributed by atoms with E-state index in [2.05, 4.69) is 0 Å². The summed E-state index contributed by atoms with van der Waals surface area (Å²) in [5.41, 5.74) is 5.94. The zero-order valence-electron chi connectivity index (χ0n) is 8.30. The zero-order chi connectivity index (χ0) is 10.7. The quantitative estimate of drug-likeness (QED) is 0.801. The molecule has 4 heteroatoms. The molecule has 0 amide bonds. The lowest BCUT2D eigenvalue weighted by atomic mass is 10.1. The molecule has 0 saturated heterocycles. The van der Waals surface area contributed by atoms with Gasteiger partial charge in [0.25, 0.3) is 0 Å². The second-order valence-electron chi connectivity index (χ2n) is 3.38. The van der Waals surface area contributed by atoms with Gasteiger partial charge in [-0.1, -0.05) is 6.07 Å². The summed E-state index contributed by atoms with van der Waals surface area (Å²) >= 11 is 0. The van der Waals surface area contributed by atoms with Crippen molar-refractivity contribution in [3.05, 3.63) is 35.4 Å². The lowest BCUT2D eigenvalue weighted by Gasteiger charge is -2.23. The van der Waals surface area contributed by atoms with Gasteiger partial charge in [0.1, 0.15) is 11.6 Å². The van der Waals surface area contributed by atoms with E-state index in [-0.39, 0.29) is 6.04 Å². The third kappa shape index (κ3) is 2.27. The Kier molecular flexibility index (Phi) is 3.55. The lowest BCUT2D eigenvalue weighted by molar-refractivity contribution is 0.298. The second-order valence-corrected chi connectivity index (χ2v) is 3.38. The molecule has 0 fully saturated rings. The molecule has 1 aromatic carbocycles. The van der Waals surface area contributed by atoms with Crippen molar-refractivity contribution in [3.8, 4) is 0 Å². The van der Waals surface area contributed by atoms with Gasteiger partial charge in [0.15, 0.2) is 0 Å². The summed E-state index contributed by atoms with van der Waals surface area (Å²) in [7, 11) is 3.61. The number of benzene rings is 1. The van der Waals surface area contributed by atoms with Gasteiger partial charge in [-0.3, -0.25) is 0 Å². The summed E-state index contributed by atoms with van der Waals surface area (Å²) in [6.45, 7) is 0.301. The van der Waals surface area contributed by atoms with Crippen LogP contribution in [0.4, 0.5) is 8.78 Å². The highest BCUT2D eigenvalue weighted by Crippen LogP contribution is 2.20. The van der Waals surface area contributed by atoms with Crippen LogP contribution < -0.4 is 5.73 Å². The summed E-state index contributed by atoms with van der Waals surface area (Å²) < 4.78 is 26.0. The molecule has 1 rings (SSSR count). The maximum absolute atomic E-state index is 13.3. The Bertz CT molecular complexity index is 313. The van der Waals surface area contributed by atoms with E-state index in [0.717, 1.165) is 6.07 Å². The number of hydrogen-bond acceptors (Lipinski definition) is 2. The molecular weight excluding hydrogens is 186 g/mol. The van der Waals surface area contributed by atoms with Gasteiger partial charge in [-0.15, -0.1) is 0 Å². The maximum Gasteiger partial charge on any atom is 0.130 e. The van der Waals surface area contributed by atoms with E-state index in [9.17, 15) is 8.78 Å². The molecule has 0 aliphatic heterocycles. The molecule has 0 heterocycles. The highest BCUT2D eigenvalue weighted by atomic mass is 19.1. The van der Waals surface area contributed by atoms with Crippen molar-refractivity contribution in [2.24, 2.45) is 5.73 Å². The molecule has 0 aliphatic rings. The van der Waals surface area contributed by atoms with Gasteiger partial charge in [0.05, 0.1) is 0 Å². The van der Waals surface area contributed by atoms with Gasteiger partial charge >= 0.3 is 0 Å². The predicted octanol–water partition coefficient (Wildman–Crippen LogP) is 1.53. The highest BCUT2D eigenvalue weighted by molar-refractivity contribution is 5.22.